The molecule has 0 aliphatic rings. The number of rotatable bonds is 5. The summed E-state index contributed by atoms with van der Waals surface area (Å²) in [5.74, 6) is -0.142. The summed E-state index contributed by atoms with van der Waals surface area (Å²) in [6.45, 7) is 4.71. The van der Waals surface area contributed by atoms with Crippen LogP contribution in [0.2, 0.25) is 0 Å². The minimum atomic E-state index is -0.607. The average Bonchev–Trinajstić information content (AvgIpc) is 2.36. The number of carbonyl (C=O) groups excluding carboxylic acids is 1. The monoisotopic (exact) mass is 321 g/mol. The summed E-state index contributed by atoms with van der Waals surface area (Å²) in [6.07, 6.45) is 0. The van der Waals surface area contributed by atoms with E-state index < -0.39 is 6.04 Å². The molecular formula is C14H25Cl2N3O. The number of carbonyl (C=O) groups is 1. The Morgan fingerprint density at radius 1 is 1.25 bits per heavy atom. The second kappa shape index (κ2) is 9.19. The van der Waals surface area contributed by atoms with Crippen LogP contribution >= 0.6 is 24.8 Å². The maximum atomic E-state index is 12.0. The van der Waals surface area contributed by atoms with Crippen LogP contribution < -0.4 is 11.1 Å². The Labute approximate surface area is 133 Å². The van der Waals surface area contributed by atoms with E-state index in [9.17, 15) is 4.79 Å². The number of nitrogens with two attached hydrogens (primary N) is 1. The van der Waals surface area contributed by atoms with Gasteiger partial charge in [-0.1, -0.05) is 30.3 Å². The van der Waals surface area contributed by atoms with Gasteiger partial charge in [-0.15, -0.1) is 24.8 Å². The fourth-order valence-corrected chi connectivity index (χ4v) is 1.38. The van der Waals surface area contributed by atoms with E-state index in [1.165, 1.54) is 0 Å². The molecule has 0 aliphatic heterocycles. The molecule has 0 saturated heterocycles. The lowest BCUT2D eigenvalue weighted by molar-refractivity contribution is -0.123. The first-order valence-corrected chi connectivity index (χ1v) is 6.10. The van der Waals surface area contributed by atoms with Crippen molar-refractivity contribution in [3.63, 3.8) is 0 Å². The van der Waals surface area contributed by atoms with E-state index in [0.29, 0.717) is 6.54 Å². The van der Waals surface area contributed by atoms with Crippen LogP contribution in [0, 0.1) is 0 Å². The quantitative estimate of drug-likeness (QED) is 0.872. The van der Waals surface area contributed by atoms with Crippen LogP contribution in [0.4, 0.5) is 0 Å². The number of hydrogen-bond donors (Lipinski definition) is 2. The number of amides is 1. The fraction of sp³-hybridized carbons (Fsp3) is 0.500. The molecule has 1 aromatic rings. The lowest BCUT2D eigenvalue weighted by Gasteiger charge is -2.33. The van der Waals surface area contributed by atoms with Crippen molar-refractivity contribution in [1.29, 1.82) is 0 Å². The van der Waals surface area contributed by atoms with Crippen LogP contribution in [-0.4, -0.2) is 37.0 Å². The van der Waals surface area contributed by atoms with Crippen LogP contribution in [0.3, 0.4) is 0 Å². The van der Waals surface area contributed by atoms with Gasteiger partial charge in [0.15, 0.2) is 0 Å². The SMILES string of the molecule is CN(C)C(C)(C)CNC(=O)C(N)c1ccccc1.Cl.Cl. The Balaban J connectivity index is 0. The molecular weight excluding hydrogens is 297 g/mol. The Morgan fingerprint density at radius 3 is 2.20 bits per heavy atom. The van der Waals surface area contributed by atoms with Gasteiger partial charge in [-0.2, -0.15) is 0 Å². The number of nitrogens with zero attached hydrogens (tertiary/aromatic N) is 1. The van der Waals surface area contributed by atoms with Gasteiger partial charge in [0.2, 0.25) is 5.91 Å². The molecule has 1 amide bonds. The predicted octanol–water partition coefficient (Wildman–Crippen LogP) is 1.99. The van der Waals surface area contributed by atoms with E-state index in [0.717, 1.165) is 5.56 Å². The first-order valence-electron chi connectivity index (χ1n) is 6.10. The highest BCUT2D eigenvalue weighted by Crippen LogP contribution is 2.11. The standard InChI is InChI=1S/C14H23N3O.2ClH/c1-14(2,17(3)4)10-16-13(18)12(15)11-8-6-5-7-9-11;;/h5-9,12H,10,15H2,1-4H3,(H,16,18);2*1H. The van der Waals surface area contributed by atoms with Crippen LogP contribution in [0.15, 0.2) is 30.3 Å². The van der Waals surface area contributed by atoms with E-state index in [2.05, 4.69) is 24.1 Å². The third-order valence-corrected chi connectivity index (χ3v) is 3.35. The second-order valence-electron chi connectivity index (χ2n) is 5.31. The Kier molecular flexibility index (Phi) is 9.87. The van der Waals surface area contributed by atoms with Gasteiger partial charge in [0, 0.05) is 12.1 Å². The largest absolute Gasteiger partial charge is 0.353 e. The van der Waals surface area contributed by atoms with Gasteiger partial charge < -0.3 is 16.0 Å². The maximum absolute atomic E-state index is 12.0. The number of nitrogens with one attached hydrogen (secondary N) is 1. The molecule has 1 rings (SSSR count). The van der Waals surface area contributed by atoms with Crippen LogP contribution in [-0.2, 0) is 4.79 Å². The number of hydrogen-bond acceptors (Lipinski definition) is 3. The molecule has 3 N–H and O–H groups in total. The van der Waals surface area contributed by atoms with Gasteiger partial charge in [0.25, 0.3) is 0 Å². The molecule has 6 heteroatoms. The van der Waals surface area contributed by atoms with Gasteiger partial charge in [-0.25, -0.2) is 0 Å². The zero-order valence-electron chi connectivity index (χ0n) is 12.4. The molecule has 0 heterocycles. The summed E-state index contributed by atoms with van der Waals surface area (Å²) in [4.78, 5) is 14.0. The molecule has 1 atom stereocenters. The van der Waals surface area contributed by atoms with Crippen molar-refractivity contribution in [2.24, 2.45) is 5.73 Å². The van der Waals surface area contributed by atoms with Crippen molar-refractivity contribution < 1.29 is 4.79 Å². The van der Waals surface area contributed by atoms with Gasteiger partial charge in [0.05, 0.1) is 0 Å². The lowest BCUT2D eigenvalue weighted by Crippen LogP contribution is -2.49. The zero-order valence-corrected chi connectivity index (χ0v) is 14.1. The molecule has 1 unspecified atom stereocenters. The summed E-state index contributed by atoms with van der Waals surface area (Å²) in [7, 11) is 3.98. The van der Waals surface area contributed by atoms with Gasteiger partial charge in [-0.3, -0.25) is 4.79 Å². The van der Waals surface area contributed by atoms with Gasteiger partial charge in [-0.05, 0) is 33.5 Å². The molecule has 20 heavy (non-hydrogen) atoms. The smallest absolute Gasteiger partial charge is 0.241 e. The summed E-state index contributed by atoms with van der Waals surface area (Å²) in [6, 6.07) is 8.79. The maximum Gasteiger partial charge on any atom is 0.241 e. The van der Waals surface area contributed by atoms with Crippen LogP contribution in [0.25, 0.3) is 0 Å². The van der Waals surface area contributed by atoms with Gasteiger partial charge >= 0.3 is 0 Å². The molecule has 4 nitrogen and oxygen atoms in total. The molecule has 0 bridgehead atoms. The Hall–Kier alpha value is -0.810. The topological polar surface area (TPSA) is 58.4 Å². The molecule has 0 aromatic heterocycles. The molecule has 116 valence electrons. The van der Waals surface area contributed by atoms with Crippen molar-refractivity contribution in [2.45, 2.75) is 25.4 Å². The molecule has 0 spiro atoms. The Bertz CT molecular complexity index is 397. The Morgan fingerprint density at radius 2 is 1.75 bits per heavy atom. The second-order valence-corrected chi connectivity index (χ2v) is 5.31. The van der Waals surface area contributed by atoms with E-state index in [1.54, 1.807) is 0 Å². The molecule has 0 fully saturated rings. The third kappa shape index (κ3) is 6.09. The normalized spacial score (nSPS) is 12.1. The summed E-state index contributed by atoms with van der Waals surface area (Å²) < 4.78 is 0. The van der Waals surface area contributed by atoms with Crippen molar-refractivity contribution in [2.75, 3.05) is 20.6 Å². The first-order chi connectivity index (χ1) is 8.34. The van der Waals surface area contributed by atoms with Crippen LogP contribution in [0.5, 0.6) is 0 Å². The fourth-order valence-electron chi connectivity index (χ4n) is 1.38. The summed E-state index contributed by atoms with van der Waals surface area (Å²) in [5.41, 5.74) is 6.66. The lowest BCUT2D eigenvalue weighted by atomic mass is 10.0. The number of halogens is 2. The van der Waals surface area contributed by atoms with E-state index >= 15 is 0 Å². The van der Waals surface area contributed by atoms with E-state index in [-0.39, 0.29) is 36.3 Å². The average molecular weight is 322 g/mol. The molecule has 0 saturated carbocycles. The minimum absolute atomic E-state index is 0. The number of likely N-dealkylation sites (N-methyl/N-ethyl adjacent to an activating group) is 1. The molecule has 1 aromatic carbocycles. The number of benzene rings is 1. The molecule has 0 aliphatic carbocycles. The van der Waals surface area contributed by atoms with Gasteiger partial charge in [0.1, 0.15) is 6.04 Å². The minimum Gasteiger partial charge on any atom is -0.353 e. The summed E-state index contributed by atoms with van der Waals surface area (Å²) in [5, 5.41) is 2.90. The highest BCUT2D eigenvalue weighted by Gasteiger charge is 2.23. The van der Waals surface area contributed by atoms with Crippen LogP contribution in [0.1, 0.15) is 25.5 Å². The van der Waals surface area contributed by atoms with Crippen molar-refractivity contribution in [3.8, 4) is 0 Å². The van der Waals surface area contributed by atoms with Crippen molar-refractivity contribution in [3.05, 3.63) is 35.9 Å². The first kappa shape index (κ1) is 21.5. The highest BCUT2D eigenvalue weighted by molar-refractivity contribution is 5.85. The van der Waals surface area contributed by atoms with Crippen molar-refractivity contribution in [1.82, 2.24) is 10.2 Å². The van der Waals surface area contributed by atoms with E-state index in [1.807, 2.05) is 44.4 Å². The van der Waals surface area contributed by atoms with Crippen molar-refractivity contribution >= 4 is 30.7 Å². The molecule has 0 radical (unpaired) electrons. The third-order valence-electron chi connectivity index (χ3n) is 3.35. The predicted molar refractivity (Wildman–Crippen MR) is 88.6 cm³/mol. The highest BCUT2D eigenvalue weighted by atomic mass is 35.5. The summed E-state index contributed by atoms with van der Waals surface area (Å²) >= 11 is 0. The van der Waals surface area contributed by atoms with E-state index in [4.69, 9.17) is 5.73 Å². The zero-order chi connectivity index (χ0) is 13.8.